The van der Waals surface area contributed by atoms with Crippen molar-refractivity contribution in [1.29, 1.82) is 0 Å². The van der Waals surface area contributed by atoms with E-state index in [2.05, 4.69) is 20.8 Å². The molecule has 0 nitrogen and oxygen atoms in total. The van der Waals surface area contributed by atoms with Crippen molar-refractivity contribution in [2.24, 2.45) is 0 Å². The van der Waals surface area contributed by atoms with E-state index in [0.717, 1.165) is 0 Å². The van der Waals surface area contributed by atoms with Gasteiger partial charge in [-0.3, -0.25) is 0 Å². The number of hydrogen-bond donors (Lipinski definition) is 0. The zero-order valence-corrected chi connectivity index (χ0v) is 11.7. The van der Waals surface area contributed by atoms with E-state index in [1.54, 1.807) is 0 Å². The van der Waals surface area contributed by atoms with Crippen molar-refractivity contribution in [3.05, 3.63) is 0 Å². The molecule has 0 fully saturated rings. The van der Waals surface area contributed by atoms with Crippen LogP contribution >= 0.6 is 0 Å². The van der Waals surface area contributed by atoms with Gasteiger partial charge in [-0.25, -0.2) is 0 Å². The molecule has 0 atom stereocenters. The van der Waals surface area contributed by atoms with Gasteiger partial charge in [-0.2, -0.15) is 0 Å². The second-order valence-corrected chi connectivity index (χ2v) is 5.43. The molecule has 0 heterocycles. The first-order valence-electron chi connectivity index (χ1n) is 3.18. The summed E-state index contributed by atoms with van der Waals surface area (Å²) in [4.78, 5) is 0. The quantitative estimate of drug-likeness (QED) is 0.692. The zero-order chi connectivity index (χ0) is 5.70. The molecule has 0 aromatic rings. The van der Waals surface area contributed by atoms with Crippen molar-refractivity contribution in [3.63, 3.8) is 0 Å². The van der Waals surface area contributed by atoms with Crippen LogP contribution in [0.4, 0.5) is 0 Å². The zero-order valence-electron chi connectivity index (χ0n) is 6.20. The van der Waals surface area contributed by atoms with E-state index in [0.29, 0.717) is 0 Å². The summed E-state index contributed by atoms with van der Waals surface area (Å²) in [6, 6.07) is 4.37. The fourth-order valence-corrected chi connectivity index (χ4v) is 2.25. The maximum atomic E-state index is 2.31. The Morgan fingerprint density at radius 2 is 1.12 bits per heavy atom. The summed E-state index contributed by atoms with van der Waals surface area (Å²) in [5, 5.41) is 0. The van der Waals surface area contributed by atoms with Crippen LogP contribution in [0, 0.1) is 0 Å². The molecule has 0 saturated heterocycles. The SMILES string of the molecule is CC[Si](CC)CC.[BiH2]. The van der Waals surface area contributed by atoms with Gasteiger partial charge in [-0.15, -0.1) is 0 Å². The Balaban J connectivity index is 0. The Morgan fingerprint density at radius 1 is 0.875 bits per heavy atom. The van der Waals surface area contributed by atoms with Crippen LogP contribution in [0.15, 0.2) is 0 Å². The second kappa shape index (κ2) is 8.10. The maximum absolute atomic E-state index is 2.31. The Hall–Kier alpha value is 1.10. The Labute approximate surface area is 73.8 Å². The summed E-state index contributed by atoms with van der Waals surface area (Å²) < 4.78 is 0. The summed E-state index contributed by atoms with van der Waals surface area (Å²) in [6.07, 6.45) is 0. The Morgan fingerprint density at radius 3 is 1.12 bits per heavy atom. The van der Waals surface area contributed by atoms with Gasteiger partial charge in [-0.1, -0.05) is 38.9 Å². The first-order chi connectivity index (χ1) is 3.35. The average Bonchev–Trinajstić information content (AvgIpc) is 1.72. The molecule has 0 N–H and O–H groups in total. The fourth-order valence-electron chi connectivity index (χ4n) is 0.750. The van der Waals surface area contributed by atoms with Gasteiger partial charge in [0.2, 0.25) is 0 Å². The molecule has 0 aliphatic heterocycles. The monoisotopic (exact) mass is 326 g/mol. The summed E-state index contributed by atoms with van der Waals surface area (Å²) in [7, 11) is 0.137. The normalized spacial score (nSPS) is 9.00. The van der Waals surface area contributed by atoms with Gasteiger partial charge in [0.25, 0.3) is 0 Å². The minimum atomic E-state index is 0. The molecule has 0 unspecified atom stereocenters. The predicted molar refractivity (Wildman–Crippen MR) is 45.7 cm³/mol. The molecule has 0 spiro atoms. The molecule has 0 rings (SSSR count). The molecule has 0 saturated carbocycles. The van der Waals surface area contributed by atoms with Crippen molar-refractivity contribution in [2.45, 2.75) is 38.9 Å². The van der Waals surface area contributed by atoms with Crippen molar-refractivity contribution >= 4 is 35.0 Å². The molecule has 0 amide bonds. The van der Waals surface area contributed by atoms with Crippen LogP contribution in [-0.4, -0.2) is 35.0 Å². The van der Waals surface area contributed by atoms with Crippen LogP contribution in [0.3, 0.4) is 0 Å². The van der Waals surface area contributed by atoms with Gasteiger partial charge in [-0.05, 0) is 0 Å². The van der Waals surface area contributed by atoms with E-state index in [1.165, 1.54) is 18.1 Å². The van der Waals surface area contributed by atoms with Gasteiger partial charge in [0.05, 0.1) is 0 Å². The molecule has 2 heteroatoms. The van der Waals surface area contributed by atoms with Crippen molar-refractivity contribution in [1.82, 2.24) is 0 Å². The third-order valence-corrected chi connectivity index (χ3v) is 4.50. The third-order valence-electron chi connectivity index (χ3n) is 1.50. The molecule has 0 aliphatic rings. The van der Waals surface area contributed by atoms with E-state index >= 15 is 0 Å². The Bertz CT molecular complexity index is 30.0. The van der Waals surface area contributed by atoms with E-state index in [4.69, 9.17) is 0 Å². The van der Waals surface area contributed by atoms with Crippen molar-refractivity contribution in [2.75, 3.05) is 0 Å². The van der Waals surface area contributed by atoms with Gasteiger partial charge in [0.1, 0.15) is 0 Å². The fraction of sp³-hybridized carbons (Fsp3) is 1.00. The van der Waals surface area contributed by atoms with E-state index in [-0.39, 0.29) is 35.0 Å². The number of rotatable bonds is 3. The molecule has 0 aromatic heterocycles. The topological polar surface area (TPSA) is 0 Å². The number of hydrogen-bond acceptors (Lipinski definition) is 0. The molecule has 0 aromatic carbocycles. The molecular formula is C6H17BiSi. The van der Waals surface area contributed by atoms with E-state index in [9.17, 15) is 0 Å². The minimum absolute atomic E-state index is 0. The van der Waals surface area contributed by atoms with Crippen LogP contribution in [0.2, 0.25) is 18.1 Å². The molecule has 8 heavy (non-hydrogen) atoms. The summed E-state index contributed by atoms with van der Waals surface area (Å²) in [6.45, 7) is 6.92. The van der Waals surface area contributed by atoms with Crippen LogP contribution < -0.4 is 0 Å². The molecule has 0 aliphatic carbocycles. The van der Waals surface area contributed by atoms with E-state index < -0.39 is 0 Å². The van der Waals surface area contributed by atoms with Crippen LogP contribution in [0.5, 0.6) is 0 Å². The first-order valence-corrected chi connectivity index (χ1v) is 5.30. The molecule has 0 bridgehead atoms. The molecule has 50 valence electrons. The second-order valence-electron chi connectivity index (χ2n) is 1.81. The van der Waals surface area contributed by atoms with E-state index in [1.807, 2.05) is 0 Å². The predicted octanol–water partition coefficient (Wildman–Crippen LogP) is 1.62. The molecular weight excluding hydrogens is 309 g/mol. The standard InChI is InChI=1S/C6H15Si.Bi.2H/c1-4-7(5-2)6-3;;;/h4-6H2,1-3H3;;;. The average molecular weight is 326 g/mol. The van der Waals surface area contributed by atoms with Gasteiger partial charge >= 0.3 is 26.2 Å². The summed E-state index contributed by atoms with van der Waals surface area (Å²) in [5.41, 5.74) is 0. The summed E-state index contributed by atoms with van der Waals surface area (Å²) in [5.74, 6) is 0. The van der Waals surface area contributed by atoms with Crippen molar-refractivity contribution in [3.8, 4) is 0 Å². The van der Waals surface area contributed by atoms with Gasteiger partial charge in [0, 0.05) is 8.80 Å². The third kappa shape index (κ3) is 5.24. The van der Waals surface area contributed by atoms with Crippen LogP contribution in [0.25, 0.3) is 0 Å². The van der Waals surface area contributed by atoms with Crippen molar-refractivity contribution < 1.29 is 0 Å². The van der Waals surface area contributed by atoms with Gasteiger partial charge in [0.15, 0.2) is 0 Å². The molecule has 2 radical (unpaired) electrons. The summed E-state index contributed by atoms with van der Waals surface area (Å²) >= 11 is 0. The first kappa shape index (κ1) is 11.8. The van der Waals surface area contributed by atoms with Gasteiger partial charge < -0.3 is 0 Å². The Kier molecular flexibility index (Phi) is 12.0. The van der Waals surface area contributed by atoms with Crippen LogP contribution in [-0.2, 0) is 0 Å². The van der Waals surface area contributed by atoms with Crippen LogP contribution in [0.1, 0.15) is 20.8 Å².